The number of pyridine rings is 1. The predicted octanol–water partition coefficient (Wildman–Crippen LogP) is 10.4. The van der Waals surface area contributed by atoms with E-state index in [2.05, 4.69) is 93.5 Å². The number of aryl methyl sites for hydroxylation is 2. The van der Waals surface area contributed by atoms with Gasteiger partial charge in [-0.15, -0.1) is 37.5 Å². The Morgan fingerprint density at radius 2 is 1.53 bits per heavy atom. The van der Waals surface area contributed by atoms with Crippen LogP contribution in [0, 0.1) is 31.1 Å². The van der Waals surface area contributed by atoms with Crippen LogP contribution in [0.4, 0.5) is 5.69 Å². The zero-order chi connectivity index (χ0) is 35.5. The molecule has 0 radical (unpaired) electrons. The van der Waals surface area contributed by atoms with Crippen LogP contribution < -0.4 is 9.64 Å². The largest absolute Gasteiger partial charge is 0.487 e. The van der Waals surface area contributed by atoms with Crippen LogP contribution in [-0.2, 0) is 24.2 Å². The van der Waals surface area contributed by atoms with Crippen molar-refractivity contribution in [1.29, 1.82) is 0 Å². The van der Waals surface area contributed by atoms with Gasteiger partial charge in [-0.05, 0) is 79.1 Å². The highest BCUT2D eigenvalue weighted by molar-refractivity contribution is 7.99. The number of hydrogen-bond acceptors (Lipinski definition) is 5. The maximum Gasteiger partial charge on any atom is 0.303 e. The van der Waals surface area contributed by atoms with E-state index in [-0.39, 0.29) is 6.42 Å². The molecule has 6 heteroatoms. The predicted molar refractivity (Wildman–Crippen MR) is 203 cm³/mol. The lowest BCUT2D eigenvalue weighted by molar-refractivity contribution is -0.136. The van der Waals surface area contributed by atoms with Gasteiger partial charge < -0.3 is 14.7 Å². The SMILES string of the molecule is C#C.C#C.CC.CCCCC1(CCCC)CCc2cc(N(C)C)ccc2SC1.O=C(O)CCc1cccc(COc2ccccc2)n1. The van der Waals surface area contributed by atoms with Crippen LogP contribution in [0.1, 0.15) is 96.0 Å². The summed E-state index contributed by atoms with van der Waals surface area (Å²) in [7, 11) is 4.27. The number of aromatic nitrogens is 1. The number of terminal acetylenes is 2. The summed E-state index contributed by atoms with van der Waals surface area (Å²) in [5.74, 6) is 1.30. The molecule has 1 aliphatic heterocycles. The monoisotopic (exact) mass is 658 g/mol. The summed E-state index contributed by atoms with van der Waals surface area (Å²) in [4.78, 5) is 18.6. The van der Waals surface area contributed by atoms with Gasteiger partial charge in [0.15, 0.2) is 0 Å². The molecule has 4 rings (SSSR count). The minimum atomic E-state index is -0.812. The fourth-order valence-corrected chi connectivity index (χ4v) is 6.57. The molecule has 0 fully saturated rings. The molecule has 3 aromatic rings. The molecule has 1 N–H and O–H groups in total. The lowest BCUT2D eigenvalue weighted by Gasteiger charge is -2.32. The molecule has 256 valence electrons. The minimum absolute atomic E-state index is 0.0932. The summed E-state index contributed by atoms with van der Waals surface area (Å²) in [5, 5.41) is 8.64. The number of unbranched alkanes of at least 4 members (excludes halogenated alkanes) is 2. The zero-order valence-corrected chi connectivity index (χ0v) is 30.5. The Morgan fingerprint density at radius 3 is 2.11 bits per heavy atom. The van der Waals surface area contributed by atoms with Gasteiger partial charge in [-0.25, -0.2) is 0 Å². The number of hydrogen-bond donors (Lipinski definition) is 1. The molecule has 0 bridgehead atoms. The summed E-state index contributed by atoms with van der Waals surface area (Å²) in [6.07, 6.45) is 27.5. The van der Waals surface area contributed by atoms with Crippen LogP contribution >= 0.6 is 11.8 Å². The van der Waals surface area contributed by atoms with E-state index < -0.39 is 5.97 Å². The first-order valence-corrected chi connectivity index (χ1v) is 17.8. The summed E-state index contributed by atoms with van der Waals surface area (Å²) in [6.45, 7) is 9.04. The Kier molecular flexibility index (Phi) is 24.1. The van der Waals surface area contributed by atoms with Crippen molar-refractivity contribution in [2.24, 2.45) is 5.41 Å². The van der Waals surface area contributed by atoms with Gasteiger partial charge in [-0.2, -0.15) is 0 Å². The Hall–Kier alpha value is -3.87. The van der Waals surface area contributed by atoms with Crippen LogP contribution in [0.5, 0.6) is 5.75 Å². The van der Waals surface area contributed by atoms with E-state index in [4.69, 9.17) is 9.84 Å². The molecule has 0 aliphatic carbocycles. The topological polar surface area (TPSA) is 62.7 Å². The van der Waals surface area contributed by atoms with Gasteiger partial charge >= 0.3 is 5.97 Å². The first-order chi connectivity index (χ1) is 22.8. The van der Waals surface area contributed by atoms with Crippen molar-refractivity contribution in [1.82, 2.24) is 4.98 Å². The molecule has 1 aliphatic rings. The van der Waals surface area contributed by atoms with Gasteiger partial charge in [0.2, 0.25) is 0 Å². The highest BCUT2D eigenvalue weighted by Crippen LogP contribution is 2.45. The first kappa shape index (κ1) is 43.1. The number of fused-ring (bicyclic) bond motifs is 1. The molecule has 0 unspecified atom stereocenters. The van der Waals surface area contributed by atoms with Crippen molar-refractivity contribution >= 4 is 23.4 Å². The molecule has 0 amide bonds. The van der Waals surface area contributed by atoms with Crippen LogP contribution in [0.15, 0.2) is 71.6 Å². The maximum atomic E-state index is 10.5. The quantitative estimate of drug-likeness (QED) is 0.184. The molecule has 0 atom stereocenters. The fourth-order valence-electron chi connectivity index (χ4n) is 5.16. The second-order valence-corrected chi connectivity index (χ2v) is 12.3. The second-order valence-electron chi connectivity index (χ2n) is 11.3. The lowest BCUT2D eigenvalue weighted by atomic mass is 9.75. The highest BCUT2D eigenvalue weighted by Gasteiger charge is 2.31. The van der Waals surface area contributed by atoms with Crippen molar-refractivity contribution in [3.63, 3.8) is 0 Å². The summed E-state index contributed by atoms with van der Waals surface area (Å²) in [6, 6.07) is 22.1. The van der Waals surface area contributed by atoms with Crippen molar-refractivity contribution < 1.29 is 14.6 Å². The van der Waals surface area contributed by atoms with E-state index in [0.717, 1.165) is 17.1 Å². The molecular formula is C41H58N2O3S. The van der Waals surface area contributed by atoms with Gasteiger partial charge in [0, 0.05) is 42.5 Å². The Balaban J connectivity index is 0.000000782. The molecule has 0 spiro atoms. The maximum absolute atomic E-state index is 10.5. The molecule has 2 heterocycles. The van der Waals surface area contributed by atoms with Crippen molar-refractivity contribution in [2.75, 3.05) is 24.7 Å². The number of thioether (sulfide) groups is 1. The highest BCUT2D eigenvalue weighted by atomic mass is 32.2. The Bertz CT molecular complexity index is 1270. The second kappa shape index (κ2) is 26.2. The number of benzene rings is 2. The molecule has 5 nitrogen and oxygen atoms in total. The summed E-state index contributed by atoms with van der Waals surface area (Å²) in [5.41, 5.74) is 5.07. The van der Waals surface area contributed by atoms with Gasteiger partial charge in [-0.1, -0.05) is 77.6 Å². The molecule has 1 aromatic heterocycles. The number of ether oxygens (including phenoxy) is 1. The smallest absolute Gasteiger partial charge is 0.303 e. The van der Waals surface area contributed by atoms with Crippen LogP contribution in [0.2, 0.25) is 0 Å². The van der Waals surface area contributed by atoms with E-state index in [1.165, 1.54) is 67.7 Å². The fraction of sp³-hybridized carbons (Fsp3) is 0.463. The molecule has 0 saturated carbocycles. The van der Waals surface area contributed by atoms with Crippen molar-refractivity contribution in [2.45, 2.75) is 103 Å². The lowest BCUT2D eigenvalue weighted by Crippen LogP contribution is -2.24. The standard InChI is InChI=1S/C20H33NS.C15H15NO3.C2H6.2C2H2/c1-5-7-12-20(13-8-6-2)14-11-17-15-18(21(3)4)9-10-19(17)22-16-20;17-15(18)10-9-12-5-4-6-13(16-12)11-19-14-7-2-1-3-8-14;3*1-2/h9-10,15H,5-8,11-14,16H2,1-4H3;1-8H,9-11H2,(H,17,18);1-2H3;2*1-2H. The number of nitrogens with zero attached hydrogens (tertiary/aromatic N) is 2. The third-order valence-corrected chi connectivity index (χ3v) is 9.20. The Morgan fingerprint density at radius 1 is 0.915 bits per heavy atom. The molecule has 2 aromatic carbocycles. The Labute approximate surface area is 290 Å². The van der Waals surface area contributed by atoms with E-state index in [0.29, 0.717) is 18.4 Å². The number of carboxylic acid groups (broad SMARTS) is 1. The molecule has 47 heavy (non-hydrogen) atoms. The number of carbonyl (C=O) groups is 1. The van der Waals surface area contributed by atoms with Gasteiger partial charge in [0.1, 0.15) is 12.4 Å². The number of aliphatic carboxylic acids is 1. The summed E-state index contributed by atoms with van der Waals surface area (Å²) < 4.78 is 5.59. The van der Waals surface area contributed by atoms with Crippen molar-refractivity contribution in [3.05, 3.63) is 83.7 Å². The van der Waals surface area contributed by atoms with E-state index in [1.807, 2.05) is 62.4 Å². The normalized spacial score (nSPS) is 12.2. The average Bonchev–Trinajstić information content (AvgIpc) is 3.31. The van der Waals surface area contributed by atoms with Gasteiger partial charge in [0.05, 0.1) is 12.1 Å². The van der Waals surface area contributed by atoms with E-state index in [9.17, 15) is 4.79 Å². The number of carboxylic acids is 1. The molecular weight excluding hydrogens is 601 g/mol. The van der Waals surface area contributed by atoms with Crippen LogP contribution in [0.25, 0.3) is 0 Å². The number of anilines is 1. The average molecular weight is 659 g/mol. The molecule has 0 saturated heterocycles. The van der Waals surface area contributed by atoms with E-state index in [1.54, 1.807) is 5.56 Å². The zero-order valence-electron chi connectivity index (χ0n) is 29.7. The van der Waals surface area contributed by atoms with E-state index >= 15 is 0 Å². The van der Waals surface area contributed by atoms with Crippen molar-refractivity contribution in [3.8, 4) is 31.4 Å². The third-order valence-electron chi connectivity index (χ3n) is 7.73. The number of para-hydroxylation sites is 1. The van der Waals surface area contributed by atoms with Crippen LogP contribution in [-0.4, -0.2) is 35.9 Å². The van der Waals surface area contributed by atoms with Gasteiger partial charge in [-0.3, -0.25) is 9.78 Å². The minimum Gasteiger partial charge on any atom is -0.487 e. The number of rotatable bonds is 13. The first-order valence-electron chi connectivity index (χ1n) is 16.8. The van der Waals surface area contributed by atoms with Gasteiger partial charge in [0.25, 0.3) is 0 Å². The van der Waals surface area contributed by atoms with Crippen LogP contribution in [0.3, 0.4) is 0 Å². The summed E-state index contributed by atoms with van der Waals surface area (Å²) >= 11 is 2.12. The third kappa shape index (κ3) is 17.0.